The predicted molar refractivity (Wildman–Crippen MR) is 86.5 cm³/mol. The molecule has 0 aromatic heterocycles. The van der Waals surface area contributed by atoms with E-state index in [1.165, 1.54) is 11.0 Å². The summed E-state index contributed by atoms with van der Waals surface area (Å²) in [7, 11) is 1.62. The predicted octanol–water partition coefficient (Wildman–Crippen LogP) is 4.28. The second-order valence-electron chi connectivity index (χ2n) is 4.62. The van der Waals surface area contributed by atoms with E-state index in [2.05, 4.69) is 17.4 Å². The van der Waals surface area contributed by atoms with Gasteiger partial charge in [-0.25, -0.2) is 4.39 Å². The van der Waals surface area contributed by atoms with Gasteiger partial charge in [-0.15, -0.1) is 11.8 Å². The molecule has 4 heteroatoms. The second kappa shape index (κ2) is 8.05. The largest absolute Gasteiger partial charge is 0.496 e. The summed E-state index contributed by atoms with van der Waals surface area (Å²) in [4.78, 5) is 1.20. The molecule has 0 saturated carbocycles. The van der Waals surface area contributed by atoms with Gasteiger partial charge in [-0.2, -0.15) is 0 Å². The molecule has 0 bridgehead atoms. The van der Waals surface area contributed by atoms with Crippen molar-refractivity contribution in [2.75, 3.05) is 19.4 Å². The van der Waals surface area contributed by atoms with Gasteiger partial charge in [-0.3, -0.25) is 0 Å². The third-order valence-corrected chi connectivity index (χ3v) is 4.28. The SMILES string of the molecule is CCNC(CSc1ccccc1)c1cc(F)ccc1OC. The molecule has 1 atom stereocenters. The first-order valence-corrected chi connectivity index (χ1v) is 7.97. The lowest BCUT2D eigenvalue weighted by molar-refractivity contribution is 0.401. The monoisotopic (exact) mass is 305 g/mol. The number of nitrogens with one attached hydrogen (secondary N) is 1. The zero-order valence-corrected chi connectivity index (χ0v) is 13.1. The van der Waals surface area contributed by atoms with E-state index in [4.69, 9.17) is 4.74 Å². The Morgan fingerprint density at radius 2 is 1.95 bits per heavy atom. The lowest BCUT2D eigenvalue weighted by atomic mass is 10.1. The molecule has 0 fully saturated rings. The smallest absolute Gasteiger partial charge is 0.123 e. The molecule has 1 unspecified atom stereocenters. The van der Waals surface area contributed by atoms with E-state index >= 15 is 0 Å². The Bertz CT molecular complexity index is 562. The Kier molecular flexibility index (Phi) is 6.08. The van der Waals surface area contributed by atoms with E-state index in [1.54, 1.807) is 31.0 Å². The van der Waals surface area contributed by atoms with Crippen LogP contribution in [0.5, 0.6) is 5.75 Å². The van der Waals surface area contributed by atoms with E-state index in [-0.39, 0.29) is 11.9 Å². The molecule has 1 N–H and O–H groups in total. The lowest BCUT2D eigenvalue weighted by Crippen LogP contribution is -2.23. The average molecular weight is 305 g/mol. The van der Waals surface area contributed by atoms with E-state index in [0.717, 1.165) is 23.6 Å². The van der Waals surface area contributed by atoms with E-state index in [1.807, 2.05) is 25.1 Å². The van der Waals surface area contributed by atoms with Crippen LogP contribution in [0.4, 0.5) is 4.39 Å². The molecule has 0 aliphatic heterocycles. The molecule has 2 rings (SSSR count). The normalized spacial score (nSPS) is 12.1. The second-order valence-corrected chi connectivity index (χ2v) is 5.71. The van der Waals surface area contributed by atoms with Gasteiger partial charge in [-0.1, -0.05) is 25.1 Å². The van der Waals surface area contributed by atoms with Crippen molar-refractivity contribution in [2.45, 2.75) is 17.9 Å². The Morgan fingerprint density at radius 1 is 1.19 bits per heavy atom. The number of methoxy groups -OCH3 is 1. The van der Waals surface area contributed by atoms with Gasteiger partial charge in [0.05, 0.1) is 7.11 Å². The molecule has 0 radical (unpaired) electrons. The molecule has 2 aromatic rings. The minimum absolute atomic E-state index is 0.0471. The fourth-order valence-electron chi connectivity index (χ4n) is 2.18. The molecule has 0 aliphatic rings. The van der Waals surface area contributed by atoms with Crippen LogP contribution in [0.1, 0.15) is 18.5 Å². The molecule has 0 amide bonds. The quantitative estimate of drug-likeness (QED) is 0.772. The number of hydrogen-bond acceptors (Lipinski definition) is 3. The number of halogens is 1. The van der Waals surface area contributed by atoms with Gasteiger partial charge in [0.25, 0.3) is 0 Å². The molecule has 0 aliphatic carbocycles. The van der Waals surface area contributed by atoms with Crippen molar-refractivity contribution in [1.82, 2.24) is 5.32 Å². The van der Waals surface area contributed by atoms with Crippen LogP contribution >= 0.6 is 11.8 Å². The zero-order valence-electron chi connectivity index (χ0n) is 12.3. The average Bonchev–Trinajstić information content (AvgIpc) is 2.52. The highest BCUT2D eigenvalue weighted by Crippen LogP contribution is 2.30. The fraction of sp³-hybridized carbons (Fsp3) is 0.294. The minimum Gasteiger partial charge on any atom is -0.496 e. The van der Waals surface area contributed by atoms with Crippen LogP contribution in [0.3, 0.4) is 0 Å². The first-order chi connectivity index (χ1) is 10.2. The first kappa shape index (κ1) is 15.9. The lowest BCUT2D eigenvalue weighted by Gasteiger charge is -2.20. The van der Waals surface area contributed by atoms with Crippen molar-refractivity contribution in [1.29, 1.82) is 0 Å². The van der Waals surface area contributed by atoms with Crippen LogP contribution in [0.25, 0.3) is 0 Å². The van der Waals surface area contributed by atoms with Gasteiger partial charge in [0.2, 0.25) is 0 Å². The van der Waals surface area contributed by atoms with Gasteiger partial charge >= 0.3 is 0 Å². The topological polar surface area (TPSA) is 21.3 Å². The summed E-state index contributed by atoms with van der Waals surface area (Å²) in [6, 6.07) is 14.9. The van der Waals surface area contributed by atoms with Crippen LogP contribution in [0.2, 0.25) is 0 Å². The van der Waals surface area contributed by atoms with Crippen molar-refractivity contribution < 1.29 is 9.13 Å². The summed E-state index contributed by atoms with van der Waals surface area (Å²) in [5, 5.41) is 3.40. The Labute approximate surface area is 129 Å². The Balaban J connectivity index is 2.16. The van der Waals surface area contributed by atoms with Gasteiger partial charge in [0.1, 0.15) is 11.6 Å². The number of hydrogen-bond donors (Lipinski definition) is 1. The summed E-state index contributed by atoms with van der Waals surface area (Å²) in [5.41, 5.74) is 0.864. The highest BCUT2D eigenvalue weighted by Gasteiger charge is 2.16. The summed E-state index contributed by atoms with van der Waals surface area (Å²) in [5.74, 6) is 1.30. The standard InChI is InChI=1S/C17H20FNOS/c1-3-19-16(12-21-14-7-5-4-6-8-14)15-11-13(18)9-10-17(15)20-2/h4-11,16,19H,3,12H2,1-2H3. The molecule has 0 heterocycles. The van der Waals surface area contributed by atoms with Crippen molar-refractivity contribution in [3.63, 3.8) is 0 Å². The van der Waals surface area contributed by atoms with E-state index in [0.29, 0.717) is 0 Å². The molecule has 2 aromatic carbocycles. The van der Waals surface area contributed by atoms with Gasteiger partial charge in [0.15, 0.2) is 0 Å². The maximum atomic E-state index is 13.6. The molecule has 0 saturated heterocycles. The van der Waals surface area contributed by atoms with Gasteiger partial charge < -0.3 is 10.1 Å². The van der Waals surface area contributed by atoms with Gasteiger partial charge in [0, 0.05) is 22.3 Å². The van der Waals surface area contributed by atoms with Gasteiger partial charge in [-0.05, 0) is 36.9 Å². The van der Waals surface area contributed by atoms with Crippen LogP contribution in [0.15, 0.2) is 53.4 Å². The zero-order chi connectivity index (χ0) is 15.1. The molecular formula is C17H20FNOS. The minimum atomic E-state index is -0.238. The van der Waals surface area contributed by atoms with Crippen LogP contribution < -0.4 is 10.1 Å². The summed E-state index contributed by atoms with van der Waals surface area (Å²) >= 11 is 1.75. The highest BCUT2D eigenvalue weighted by atomic mass is 32.2. The molecule has 0 spiro atoms. The van der Waals surface area contributed by atoms with Crippen molar-refractivity contribution >= 4 is 11.8 Å². The highest BCUT2D eigenvalue weighted by molar-refractivity contribution is 7.99. The molecule has 112 valence electrons. The summed E-state index contributed by atoms with van der Waals surface area (Å²) in [6.07, 6.45) is 0. The maximum absolute atomic E-state index is 13.6. The third kappa shape index (κ3) is 4.48. The van der Waals surface area contributed by atoms with Crippen molar-refractivity contribution in [2.24, 2.45) is 0 Å². The molecular weight excluding hydrogens is 285 g/mol. The number of ether oxygens (including phenoxy) is 1. The first-order valence-electron chi connectivity index (χ1n) is 6.99. The van der Waals surface area contributed by atoms with Crippen LogP contribution in [-0.2, 0) is 0 Å². The van der Waals surface area contributed by atoms with Crippen LogP contribution in [-0.4, -0.2) is 19.4 Å². The van der Waals surface area contributed by atoms with Crippen molar-refractivity contribution in [3.05, 3.63) is 59.9 Å². The van der Waals surface area contributed by atoms with Crippen LogP contribution in [0, 0.1) is 5.82 Å². The maximum Gasteiger partial charge on any atom is 0.123 e. The number of rotatable bonds is 7. The van der Waals surface area contributed by atoms with E-state index in [9.17, 15) is 4.39 Å². The Hall–Kier alpha value is -1.52. The molecule has 21 heavy (non-hydrogen) atoms. The number of thioether (sulfide) groups is 1. The summed E-state index contributed by atoms with van der Waals surface area (Å²) < 4.78 is 18.9. The molecule has 2 nitrogen and oxygen atoms in total. The van der Waals surface area contributed by atoms with E-state index < -0.39 is 0 Å². The third-order valence-electron chi connectivity index (χ3n) is 3.18. The van der Waals surface area contributed by atoms with Crippen molar-refractivity contribution in [3.8, 4) is 5.75 Å². The Morgan fingerprint density at radius 3 is 2.62 bits per heavy atom. The summed E-state index contributed by atoms with van der Waals surface area (Å²) in [6.45, 7) is 2.87. The number of benzene rings is 2. The fourth-order valence-corrected chi connectivity index (χ4v) is 3.18.